The molecule has 1 aliphatic heterocycles. The molecule has 1 rings (SSSR count). The minimum atomic E-state index is 1.02. The Morgan fingerprint density at radius 3 is 3.00 bits per heavy atom. The van der Waals surface area contributed by atoms with E-state index in [1.807, 2.05) is 0 Å². The highest BCUT2D eigenvalue weighted by Gasteiger charge is 1.99. The van der Waals surface area contributed by atoms with E-state index in [9.17, 15) is 0 Å². The first-order valence-corrected chi connectivity index (χ1v) is 4.29. The highest BCUT2D eigenvalue weighted by molar-refractivity contribution is 14.1. The predicted molar refractivity (Wildman–Crippen MR) is 43.8 cm³/mol. The molecule has 0 bridgehead atoms. The van der Waals surface area contributed by atoms with E-state index in [4.69, 9.17) is 0 Å². The smallest absolute Gasteiger partial charge is 0.106 e. The van der Waals surface area contributed by atoms with Crippen LogP contribution in [0.3, 0.4) is 0 Å². The highest BCUT2D eigenvalue weighted by atomic mass is 127. The van der Waals surface area contributed by atoms with Crippen LogP contribution >= 0.6 is 22.6 Å². The van der Waals surface area contributed by atoms with Crippen molar-refractivity contribution in [1.82, 2.24) is 5.32 Å². The van der Waals surface area contributed by atoms with E-state index in [1.165, 1.54) is 6.42 Å². The summed E-state index contributed by atoms with van der Waals surface area (Å²) >= 11 is 2.31. The van der Waals surface area contributed by atoms with Gasteiger partial charge in [0, 0.05) is 13.1 Å². The lowest BCUT2D eigenvalue weighted by atomic mass is 10.4. The second-order valence-electron chi connectivity index (χ2n) is 1.74. The van der Waals surface area contributed by atoms with Crippen LogP contribution in [0, 0.1) is 0 Å². The molecule has 0 amide bonds. The molecule has 3 heteroatoms. The minimum Gasteiger partial charge on any atom is -0.373 e. The van der Waals surface area contributed by atoms with Gasteiger partial charge < -0.3 is 5.32 Å². The number of amidine groups is 1. The number of hydrogen-bond acceptors (Lipinski definition) is 2. The van der Waals surface area contributed by atoms with Crippen LogP contribution in [-0.2, 0) is 0 Å². The summed E-state index contributed by atoms with van der Waals surface area (Å²) in [5.41, 5.74) is 0. The topological polar surface area (TPSA) is 24.4 Å². The molecule has 0 spiro atoms. The first kappa shape index (κ1) is 6.32. The molecule has 1 aliphatic rings. The molecule has 0 aromatic rings. The number of hydrogen-bond donors (Lipinski definition) is 1. The summed E-state index contributed by atoms with van der Waals surface area (Å²) in [4.78, 5) is 4.25. The molecule has 0 saturated carbocycles. The van der Waals surface area contributed by atoms with Crippen LogP contribution in [0.15, 0.2) is 4.99 Å². The van der Waals surface area contributed by atoms with Gasteiger partial charge in [0.1, 0.15) is 5.84 Å². The Morgan fingerprint density at radius 2 is 2.62 bits per heavy atom. The first-order valence-electron chi connectivity index (χ1n) is 2.76. The Balaban J connectivity index is 2.37. The lowest BCUT2D eigenvalue weighted by Gasteiger charge is -2.11. The maximum absolute atomic E-state index is 4.25. The maximum atomic E-state index is 4.25. The predicted octanol–water partition coefficient (Wildman–Crippen LogP) is 0.813. The van der Waals surface area contributed by atoms with Gasteiger partial charge in [-0.2, -0.15) is 0 Å². The van der Waals surface area contributed by atoms with Crippen molar-refractivity contribution < 1.29 is 0 Å². The molecule has 0 unspecified atom stereocenters. The monoisotopic (exact) mass is 224 g/mol. The van der Waals surface area contributed by atoms with Crippen molar-refractivity contribution in [2.45, 2.75) is 6.42 Å². The molecule has 1 N–H and O–H groups in total. The van der Waals surface area contributed by atoms with Gasteiger partial charge in [-0.05, 0) is 6.42 Å². The van der Waals surface area contributed by atoms with Crippen LogP contribution in [-0.4, -0.2) is 23.4 Å². The molecular formula is C5H9IN2. The average Bonchev–Trinajstić information content (AvgIpc) is 1.90. The van der Waals surface area contributed by atoms with Crippen LogP contribution in [0.5, 0.6) is 0 Å². The van der Waals surface area contributed by atoms with E-state index in [0.717, 1.165) is 23.4 Å². The molecule has 1 heterocycles. The molecule has 46 valence electrons. The summed E-state index contributed by atoms with van der Waals surface area (Å²) < 4.78 is 1.03. The third-order valence-electron chi connectivity index (χ3n) is 1.09. The zero-order chi connectivity index (χ0) is 5.82. The summed E-state index contributed by atoms with van der Waals surface area (Å²) in [6.45, 7) is 2.13. The lowest BCUT2D eigenvalue weighted by Crippen LogP contribution is -2.30. The van der Waals surface area contributed by atoms with E-state index in [2.05, 4.69) is 32.9 Å². The zero-order valence-corrected chi connectivity index (χ0v) is 6.81. The molecule has 0 fully saturated rings. The van der Waals surface area contributed by atoms with Crippen LogP contribution in [0.1, 0.15) is 6.42 Å². The van der Waals surface area contributed by atoms with Gasteiger partial charge in [0.2, 0.25) is 0 Å². The Labute approximate surface area is 62.9 Å². The SMILES string of the molecule is ICC1=NCCCN1. The zero-order valence-electron chi connectivity index (χ0n) is 4.65. The van der Waals surface area contributed by atoms with Gasteiger partial charge in [-0.1, -0.05) is 22.6 Å². The van der Waals surface area contributed by atoms with E-state index in [0.29, 0.717) is 0 Å². The summed E-state index contributed by atoms with van der Waals surface area (Å²) in [6.07, 6.45) is 1.19. The Kier molecular flexibility index (Phi) is 2.58. The van der Waals surface area contributed by atoms with Crippen molar-refractivity contribution >= 4 is 28.4 Å². The fraction of sp³-hybridized carbons (Fsp3) is 0.800. The Hall–Kier alpha value is 0.200. The van der Waals surface area contributed by atoms with Crippen LogP contribution in [0.2, 0.25) is 0 Å². The summed E-state index contributed by atoms with van der Waals surface area (Å²) in [5.74, 6) is 1.16. The normalized spacial score (nSPS) is 19.4. The number of halogens is 1. The quantitative estimate of drug-likeness (QED) is 0.517. The molecule has 2 nitrogen and oxygen atoms in total. The van der Waals surface area contributed by atoms with Crippen LogP contribution in [0.25, 0.3) is 0 Å². The van der Waals surface area contributed by atoms with Crippen molar-refractivity contribution in [3.05, 3.63) is 0 Å². The van der Waals surface area contributed by atoms with Crippen molar-refractivity contribution in [3.63, 3.8) is 0 Å². The van der Waals surface area contributed by atoms with Gasteiger partial charge in [-0.25, -0.2) is 0 Å². The van der Waals surface area contributed by atoms with Crippen molar-refractivity contribution in [1.29, 1.82) is 0 Å². The van der Waals surface area contributed by atoms with E-state index in [1.54, 1.807) is 0 Å². The molecule has 0 aromatic carbocycles. The number of alkyl halides is 1. The summed E-state index contributed by atoms with van der Waals surface area (Å²) in [6, 6.07) is 0. The van der Waals surface area contributed by atoms with Gasteiger partial charge in [0.25, 0.3) is 0 Å². The highest BCUT2D eigenvalue weighted by Crippen LogP contribution is 1.91. The molecule has 0 radical (unpaired) electrons. The molecular weight excluding hydrogens is 215 g/mol. The molecule has 0 aromatic heterocycles. The van der Waals surface area contributed by atoms with Crippen LogP contribution in [0.4, 0.5) is 0 Å². The second-order valence-corrected chi connectivity index (χ2v) is 2.51. The van der Waals surface area contributed by atoms with Crippen LogP contribution < -0.4 is 5.32 Å². The van der Waals surface area contributed by atoms with Crippen molar-refractivity contribution in [3.8, 4) is 0 Å². The summed E-state index contributed by atoms with van der Waals surface area (Å²) in [7, 11) is 0. The fourth-order valence-corrected chi connectivity index (χ4v) is 1.18. The van der Waals surface area contributed by atoms with E-state index < -0.39 is 0 Å². The van der Waals surface area contributed by atoms with Crippen molar-refractivity contribution in [2.24, 2.45) is 4.99 Å². The van der Waals surface area contributed by atoms with Gasteiger partial charge in [-0.3, -0.25) is 4.99 Å². The van der Waals surface area contributed by atoms with Gasteiger partial charge in [0.05, 0.1) is 4.43 Å². The number of rotatable bonds is 1. The third kappa shape index (κ3) is 1.61. The Bertz CT molecular complexity index is 101. The molecule has 0 atom stereocenters. The summed E-state index contributed by atoms with van der Waals surface area (Å²) in [5, 5.41) is 3.21. The fourth-order valence-electron chi connectivity index (χ4n) is 0.671. The Morgan fingerprint density at radius 1 is 1.75 bits per heavy atom. The largest absolute Gasteiger partial charge is 0.373 e. The lowest BCUT2D eigenvalue weighted by molar-refractivity contribution is 0.740. The standard InChI is InChI=1S/C5H9IN2/c6-4-5-7-2-1-3-8-5/h1-4H2,(H,7,8). The maximum Gasteiger partial charge on any atom is 0.106 e. The number of nitrogens with zero attached hydrogens (tertiary/aromatic N) is 1. The first-order chi connectivity index (χ1) is 3.93. The van der Waals surface area contributed by atoms with Crippen molar-refractivity contribution in [2.75, 3.05) is 17.5 Å². The molecule has 0 aliphatic carbocycles. The average molecular weight is 224 g/mol. The van der Waals surface area contributed by atoms with Gasteiger partial charge in [-0.15, -0.1) is 0 Å². The number of aliphatic imine (C=N–C) groups is 1. The second kappa shape index (κ2) is 3.27. The van der Waals surface area contributed by atoms with Gasteiger partial charge >= 0.3 is 0 Å². The van der Waals surface area contributed by atoms with Gasteiger partial charge in [0.15, 0.2) is 0 Å². The van der Waals surface area contributed by atoms with E-state index >= 15 is 0 Å². The number of nitrogens with one attached hydrogen (secondary N) is 1. The molecule has 8 heavy (non-hydrogen) atoms. The third-order valence-corrected chi connectivity index (χ3v) is 1.82. The minimum absolute atomic E-state index is 1.02. The molecule has 0 saturated heterocycles. The van der Waals surface area contributed by atoms with E-state index in [-0.39, 0.29) is 0 Å².